The monoisotopic (exact) mass is 396 g/mol. The van der Waals surface area contributed by atoms with Crippen molar-refractivity contribution in [2.24, 2.45) is 11.8 Å². The molecule has 0 aliphatic carbocycles. The standard InChI is InChI=1S/C22H21FN2O4/c1-3-29-21(28)22(2)17-16(18(24-22)13-9-11-14(23)12-10-13)19(26)25(20(17)27)15-7-5-4-6-8-15/h4-12,16-18,24H,3H2,1-2H3. The highest BCUT2D eigenvalue weighted by Crippen LogP contribution is 2.49. The highest BCUT2D eigenvalue weighted by molar-refractivity contribution is 6.24. The van der Waals surface area contributed by atoms with Gasteiger partial charge in [-0.1, -0.05) is 30.3 Å². The van der Waals surface area contributed by atoms with Gasteiger partial charge in [0.15, 0.2) is 0 Å². The molecule has 2 aromatic carbocycles. The van der Waals surface area contributed by atoms with Gasteiger partial charge < -0.3 is 4.74 Å². The van der Waals surface area contributed by atoms with E-state index in [4.69, 9.17) is 4.74 Å². The van der Waals surface area contributed by atoms with Crippen molar-refractivity contribution in [1.29, 1.82) is 0 Å². The van der Waals surface area contributed by atoms with Crippen LogP contribution in [0.1, 0.15) is 25.5 Å². The average Bonchev–Trinajstić information content (AvgIpc) is 3.17. The third-order valence-electron chi connectivity index (χ3n) is 5.73. The topological polar surface area (TPSA) is 75.7 Å². The summed E-state index contributed by atoms with van der Waals surface area (Å²) in [7, 11) is 0. The van der Waals surface area contributed by atoms with E-state index in [9.17, 15) is 18.8 Å². The minimum atomic E-state index is -1.38. The molecule has 0 aromatic heterocycles. The summed E-state index contributed by atoms with van der Waals surface area (Å²) < 4.78 is 18.6. The van der Waals surface area contributed by atoms with Crippen molar-refractivity contribution in [2.45, 2.75) is 25.4 Å². The maximum atomic E-state index is 13.4. The molecule has 0 saturated carbocycles. The lowest BCUT2D eigenvalue weighted by Crippen LogP contribution is -2.54. The summed E-state index contributed by atoms with van der Waals surface area (Å²) in [5.41, 5.74) is -0.290. The fraction of sp³-hybridized carbons (Fsp3) is 0.318. The molecule has 7 heteroatoms. The molecular weight excluding hydrogens is 375 g/mol. The number of ether oxygens (including phenoxy) is 1. The Morgan fingerprint density at radius 1 is 1.10 bits per heavy atom. The van der Waals surface area contributed by atoms with Crippen LogP contribution in [-0.2, 0) is 19.1 Å². The largest absolute Gasteiger partial charge is 0.465 e. The Morgan fingerprint density at radius 3 is 2.38 bits per heavy atom. The molecule has 4 atom stereocenters. The molecule has 150 valence electrons. The first-order chi connectivity index (χ1) is 13.9. The zero-order valence-electron chi connectivity index (χ0n) is 16.1. The number of rotatable bonds is 4. The SMILES string of the molecule is CCOC(=O)C1(C)NC(c2ccc(F)cc2)C2C(=O)N(c3ccccc3)C(=O)C21. The molecule has 0 radical (unpaired) electrons. The number of fused-ring (bicyclic) bond motifs is 1. The van der Waals surface area contributed by atoms with Gasteiger partial charge in [-0.2, -0.15) is 0 Å². The number of carbonyl (C=O) groups excluding carboxylic acids is 3. The number of imide groups is 1. The number of anilines is 1. The molecule has 2 saturated heterocycles. The van der Waals surface area contributed by atoms with E-state index in [-0.39, 0.29) is 12.5 Å². The maximum Gasteiger partial charge on any atom is 0.326 e. The third kappa shape index (κ3) is 2.93. The molecule has 2 aliphatic rings. The van der Waals surface area contributed by atoms with Gasteiger partial charge in [0.25, 0.3) is 0 Å². The van der Waals surface area contributed by atoms with Crippen molar-refractivity contribution in [2.75, 3.05) is 11.5 Å². The third-order valence-corrected chi connectivity index (χ3v) is 5.73. The molecule has 0 spiro atoms. The normalized spacial score (nSPS) is 28.5. The van der Waals surface area contributed by atoms with E-state index in [1.165, 1.54) is 12.1 Å². The fourth-order valence-corrected chi connectivity index (χ4v) is 4.40. The van der Waals surface area contributed by atoms with Crippen LogP contribution in [0.4, 0.5) is 10.1 Å². The molecule has 4 unspecified atom stereocenters. The predicted octanol–water partition coefficient (Wildman–Crippen LogP) is 2.60. The van der Waals surface area contributed by atoms with Gasteiger partial charge in [-0.15, -0.1) is 0 Å². The molecule has 2 aromatic rings. The van der Waals surface area contributed by atoms with E-state index in [2.05, 4.69) is 5.32 Å². The summed E-state index contributed by atoms with van der Waals surface area (Å²) in [4.78, 5) is 40.7. The quantitative estimate of drug-likeness (QED) is 0.635. The summed E-state index contributed by atoms with van der Waals surface area (Å²) in [5.74, 6) is -3.56. The number of para-hydroxylation sites is 1. The van der Waals surface area contributed by atoms with Gasteiger partial charge in [-0.05, 0) is 43.7 Å². The van der Waals surface area contributed by atoms with Crippen LogP contribution in [0.2, 0.25) is 0 Å². The predicted molar refractivity (Wildman–Crippen MR) is 103 cm³/mol. The number of nitrogens with zero attached hydrogens (tertiary/aromatic N) is 1. The first-order valence-electron chi connectivity index (χ1n) is 9.51. The molecule has 1 N–H and O–H groups in total. The van der Waals surface area contributed by atoms with Crippen LogP contribution in [0.15, 0.2) is 54.6 Å². The Balaban J connectivity index is 1.81. The van der Waals surface area contributed by atoms with E-state index < -0.39 is 41.1 Å². The van der Waals surface area contributed by atoms with Crippen molar-refractivity contribution >= 4 is 23.5 Å². The van der Waals surface area contributed by atoms with Crippen molar-refractivity contribution in [3.05, 3.63) is 66.0 Å². The summed E-state index contributed by atoms with van der Waals surface area (Å²) in [6.45, 7) is 3.42. The van der Waals surface area contributed by atoms with Gasteiger partial charge in [0, 0.05) is 6.04 Å². The van der Waals surface area contributed by atoms with Crippen molar-refractivity contribution in [1.82, 2.24) is 5.32 Å². The summed E-state index contributed by atoms with van der Waals surface area (Å²) in [6.07, 6.45) is 0. The number of esters is 1. The lowest BCUT2D eigenvalue weighted by atomic mass is 9.80. The highest BCUT2D eigenvalue weighted by Gasteiger charge is 2.67. The molecule has 2 aliphatic heterocycles. The summed E-state index contributed by atoms with van der Waals surface area (Å²) in [5, 5.41) is 3.16. The molecule has 0 bridgehead atoms. The van der Waals surface area contributed by atoms with E-state index in [1.54, 1.807) is 56.3 Å². The van der Waals surface area contributed by atoms with Gasteiger partial charge in [0.05, 0.1) is 24.1 Å². The number of halogens is 1. The van der Waals surface area contributed by atoms with Crippen molar-refractivity contribution < 1.29 is 23.5 Å². The molecule has 2 heterocycles. The van der Waals surface area contributed by atoms with Crippen LogP contribution in [0.25, 0.3) is 0 Å². The van der Waals surface area contributed by atoms with Gasteiger partial charge >= 0.3 is 5.97 Å². The Hall–Kier alpha value is -3.06. The number of hydrogen-bond acceptors (Lipinski definition) is 5. The molecular formula is C22H21FN2O4. The fourth-order valence-electron chi connectivity index (χ4n) is 4.40. The minimum Gasteiger partial charge on any atom is -0.465 e. The van der Waals surface area contributed by atoms with Crippen LogP contribution >= 0.6 is 0 Å². The zero-order chi connectivity index (χ0) is 20.8. The first-order valence-corrected chi connectivity index (χ1v) is 9.51. The second kappa shape index (κ2) is 7.08. The van der Waals surface area contributed by atoms with E-state index in [0.29, 0.717) is 11.3 Å². The lowest BCUT2D eigenvalue weighted by molar-refractivity contribution is -0.153. The molecule has 4 rings (SSSR count). The molecule has 6 nitrogen and oxygen atoms in total. The Kier molecular flexibility index (Phi) is 4.70. The van der Waals surface area contributed by atoms with E-state index in [1.807, 2.05) is 0 Å². The maximum absolute atomic E-state index is 13.4. The second-order valence-electron chi connectivity index (χ2n) is 7.45. The van der Waals surface area contributed by atoms with Gasteiger partial charge in [0.2, 0.25) is 11.8 Å². The van der Waals surface area contributed by atoms with Crippen molar-refractivity contribution in [3.8, 4) is 0 Å². The average molecular weight is 396 g/mol. The number of benzene rings is 2. The lowest BCUT2D eigenvalue weighted by Gasteiger charge is -2.29. The summed E-state index contributed by atoms with van der Waals surface area (Å²) in [6, 6.07) is 13.7. The highest BCUT2D eigenvalue weighted by atomic mass is 19.1. The zero-order valence-corrected chi connectivity index (χ0v) is 16.1. The van der Waals surface area contributed by atoms with Crippen LogP contribution in [0, 0.1) is 17.7 Å². The molecule has 2 amide bonds. The first kappa shape index (κ1) is 19.3. The number of amides is 2. The summed E-state index contributed by atoms with van der Waals surface area (Å²) >= 11 is 0. The Bertz CT molecular complexity index is 963. The Morgan fingerprint density at radius 2 is 1.76 bits per heavy atom. The minimum absolute atomic E-state index is 0.152. The van der Waals surface area contributed by atoms with Gasteiger partial charge in [-0.3, -0.25) is 19.7 Å². The number of hydrogen-bond donors (Lipinski definition) is 1. The smallest absolute Gasteiger partial charge is 0.326 e. The van der Waals surface area contributed by atoms with Crippen LogP contribution < -0.4 is 10.2 Å². The van der Waals surface area contributed by atoms with Crippen LogP contribution in [0.3, 0.4) is 0 Å². The van der Waals surface area contributed by atoms with E-state index >= 15 is 0 Å². The number of nitrogens with one attached hydrogen (secondary N) is 1. The van der Waals surface area contributed by atoms with Gasteiger partial charge in [0.1, 0.15) is 11.4 Å². The van der Waals surface area contributed by atoms with Gasteiger partial charge in [-0.25, -0.2) is 9.29 Å². The molecule has 2 fully saturated rings. The second-order valence-corrected chi connectivity index (χ2v) is 7.45. The van der Waals surface area contributed by atoms with Crippen LogP contribution in [-0.4, -0.2) is 29.9 Å². The molecule has 29 heavy (non-hydrogen) atoms. The number of carbonyl (C=O) groups is 3. The Labute approximate surface area is 167 Å². The van der Waals surface area contributed by atoms with Crippen LogP contribution in [0.5, 0.6) is 0 Å². The van der Waals surface area contributed by atoms with Crippen molar-refractivity contribution in [3.63, 3.8) is 0 Å². The van der Waals surface area contributed by atoms with E-state index in [0.717, 1.165) is 4.90 Å².